The zero-order chi connectivity index (χ0) is 13.9. The first kappa shape index (κ1) is 15.0. The van der Waals surface area contributed by atoms with E-state index in [2.05, 4.69) is 5.32 Å². The monoisotopic (exact) mass is 268 g/mol. The maximum absolute atomic E-state index is 12.0. The molecule has 3 nitrogen and oxygen atoms in total. The smallest absolute Gasteiger partial charge is 0.237 e. The van der Waals surface area contributed by atoms with E-state index in [-0.39, 0.29) is 17.4 Å². The minimum Gasteiger partial charge on any atom is -0.348 e. The number of rotatable bonds is 3. The van der Waals surface area contributed by atoms with Gasteiger partial charge >= 0.3 is 0 Å². The highest BCUT2D eigenvalue weighted by Gasteiger charge is 2.28. The van der Waals surface area contributed by atoms with E-state index in [1.165, 1.54) is 0 Å². The lowest BCUT2D eigenvalue weighted by molar-refractivity contribution is -0.125. The molecule has 0 saturated carbocycles. The summed E-state index contributed by atoms with van der Waals surface area (Å²) in [5.74, 6) is -0.157. The molecule has 0 spiro atoms. The van der Waals surface area contributed by atoms with Crippen LogP contribution in [-0.4, -0.2) is 11.9 Å². The number of amides is 1. The van der Waals surface area contributed by atoms with Gasteiger partial charge in [0.05, 0.1) is 12.1 Å². The van der Waals surface area contributed by atoms with Gasteiger partial charge in [-0.15, -0.1) is 0 Å². The molecule has 1 amide bonds. The van der Waals surface area contributed by atoms with E-state index in [1.54, 1.807) is 0 Å². The van der Waals surface area contributed by atoms with Crippen molar-refractivity contribution in [2.75, 3.05) is 0 Å². The second-order valence-electron chi connectivity index (χ2n) is 5.60. The largest absolute Gasteiger partial charge is 0.348 e. The molecule has 0 aliphatic rings. The van der Waals surface area contributed by atoms with Crippen molar-refractivity contribution in [2.45, 2.75) is 39.8 Å². The molecule has 100 valence electrons. The van der Waals surface area contributed by atoms with Crippen molar-refractivity contribution in [1.29, 1.82) is 0 Å². The summed E-state index contributed by atoms with van der Waals surface area (Å²) in [6, 6.07) is 6.77. The Morgan fingerprint density at radius 2 is 1.89 bits per heavy atom. The molecular weight excluding hydrogens is 248 g/mol. The van der Waals surface area contributed by atoms with Crippen LogP contribution in [0, 0.1) is 5.41 Å². The summed E-state index contributed by atoms with van der Waals surface area (Å²) in [5.41, 5.74) is 6.55. The van der Waals surface area contributed by atoms with Crippen LogP contribution in [-0.2, 0) is 4.79 Å². The summed E-state index contributed by atoms with van der Waals surface area (Å²) in [4.78, 5) is 12.0. The molecule has 0 bridgehead atoms. The standard InChI is InChI=1S/C14H21ClN2O/c1-9(10-7-5-6-8-11(10)15)17-13(18)12(16)14(2,3)4/h5-9,12H,16H2,1-4H3,(H,17,18)/t9-,12-/m0/s1. The Kier molecular flexibility index (Phi) is 4.77. The number of nitrogens with one attached hydrogen (secondary N) is 1. The molecule has 0 aromatic heterocycles. The third-order valence-electron chi connectivity index (χ3n) is 2.95. The molecule has 4 heteroatoms. The Labute approximate surface area is 114 Å². The van der Waals surface area contributed by atoms with E-state index < -0.39 is 6.04 Å². The minimum atomic E-state index is -0.539. The van der Waals surface area contributed by atoms with Crippen molar-refractivity contribution < 1.29 is 4.79 Å². The molecule has 1 aromatic rings. The minimum absolute atomic E-state index is 0.153. The van der Waals surface area contributed by atoms with Crippen LogP contribution in [0.1, 0.15) is 39.3 Å². The lowest BCUT2D eigenvalue weighted by atomic mass is 9.86. The van der Waals surface area contributed by atoms with E-state index in [9.17, 15) is 4.79 Å². The Morgan fingerprint density at radius 3 is 2.39 bits per heavy atom. The van der Waals surface area contributed by atoms with Gasteiger partial charge < -0.3 is 11.1 Å². The van der Waals surface area contributed by atoms with Crippen molar-refractivity contribution in [3.63, 3.8) is 0 Å². The van der Waals surface area contributed by atoms with E-state index in [0.717, 1.165) is 5.56 Å². The molecule has 0 unspecified atom stereocenters. The fourth-order valence-corrected chi connectivity index (χ4v) is 1.90. The number of benzene rings is 1. The maximum atomic E-state index is 12.0. The Bertz CT molecular complexity index is 426. The molecule has 0 radical (unpaired) electrons. The highest BCUT2D eigenvalue weighted by atomic mass is 35.5. The summed E-state index contributed by atoms with van der Waals surface area (Å²) in [7, 11) is 0. The SMILES string of the molecule is C[C@H](NC(=O)[C@H](N)C(C)(C)C)c1ccccc1Cl. The van der Waals surface area contributed by atoms with Gasteiger partial charge in [-0.2, -0.15) is 0 Å². The number of hydrogen-bond donors (Lipinski definition) is 2. The van der Waals surface area contributed by atoms with Gasteiger partial charge in [0.15, 0.2) is 0 Å². The van der Waals surface area contributed by atoms with Crippen LogP contribution in [0.3, 0.4) is 0 Å². The van der Waals surface area contributed by atoms with Gasteiger partial charge in [-0.05, 0) is 24.0 Å². The van der Waals surface area contributed by atoms with Crippen LogP contribution in [0.2, 0.25) is 5.02 Å². The number of carbonyl (C=O) groups excluding carboxylic acids is 1. The summed E-state index contributed by atoms with van der Waals surface area (Å²) in [6.45, 7) is 7.72. The van der Waals surface area contributed by atoms with Gasteiger partial charge in [-0.25, -0.2) is 0 Å². The second-order valence-corrected chi connectivity index (χ2v) is 6.00. The van der Waals surface area contributed by atoms with Crippen molar-refractivity contribution in [1.82, 2.24) is 5.32 Å². The van der Waals surface area contributed by atoms with Gasteiger partial charge in [-0.3, -0.25) is 4.79 Å². The number of halogens is 1. The van der Waals surface area contributed by atoms with Crippen LogP contribution in [0.4, 0.5) is 0 Å². The van der Waals surface area contributed by atoms with Crippen molar-refractivity contribution in [2.24, 2.45) is 11.1 Å². The van der Waals surface area contributed by atoms with Crippen LogP contribution < -0.4 is 11.1 Å². The average Bonchev–Trinajstić information content (AvgIpc) is 2.27. The van der Waals surface area contributed by atoms with Crippen LogP contribution in [0.15, 0.2) is 24.3 Å². The fraction of sp³-hybridized carbons (Fsp3) is 0.500. The molecule has 0 saturated heterocycles. The molecule has 3 N–H and O–H groups in total. The summed E-state index contributed by atoms with van der Waals surface area (Å²) in [6.07, 6.45) is 0. The van der Waals surface area contributed by atoms with Crippen LogP contribution in [0.25, 0.3) is 0 Å². The maximum Gasteiger partial charge on any atom is 0.237 e. The molecule has 0 aliphatic heterocycles. The molecule has 2 atom stereocenters. The third-order valence-corrected chi connectivity index (χ3v) is 3.29. The quantitative estimate of drug-likeness (QED) is 0.886. The molecular formula is C14H21ClN2O. The fourth-order valence-electron chi connectivity index (χ4n) is 1.60. The number of carbonyl (C=O) groups is 1. The number of hydrogen-bond acceptors (Lipinski definition) is 2. The van der Waals surface area contributed by atoms with E-state index in [4.69, 9.17) is 17.3 Å². The topological polar surface area (TPSA) is 55.1 Å². The lowest BCUT2D eigenvalue weighted by Gasteiger charge is -2.27. The Hall–Kier alpha value is -1.06. The van der Waals surface area contributed by atoms with E-state index in [0.29, 0.717) is 5.02 Å². The zero-order valence-corrected chi connectivity index (χ0v) is 12.1. The van der Waals surface area contributed by atoms with Crippen molar-refractivity contribution >= 4 is 17.5 Å². The summed E-state index contributed by atoms with van der Waals surface area (Å²) in [5, 5.41) is 3.54. The first-order chi connectivity index (χ1) is 8.23. The summed E-state index contributed by atoms with van der Waals surface area (Å²) >= 11 is 6.09. The predicted molar refractivity (Wildman–Crippen MR) is 75.4 cm³/mol. The predicted octanol–water partition coefficient (Wildman–Crippen LogP) is 2.89. The third kappa shape index (κ3) is 3.72. The van der Waals surface area contributed by atoms with Crippen LogP contribution >= 0.6 is 11.6 Å². The van der Waals surface area contributed by atoms with E-state index in [1.807, 2.05) is 52.0 Å². The normalized spacial score (nSPS) is 15.0. The van der Waals surface area contributed by atoms with Gasteiger partial charge in [0.25, 0.3) is 0 Å². The summed E-state index contributed by atoms with van der Waals surface area (Å²) < 4.78 is 0. The van der Waals surface area contributed by atoms with Crippen LogP contribution in [0.5, 0.6) is 0 Å². The average molecular weight is 269 g/mol. The molecule has 1 rings (SSSR count). The first-order valence-corrected chi connectivity index (χ1v) is 6.41. The molecule has 18 heavy (non-hydrogen) atoms. The van der Waals surface area contributed by atoms with Gasteiger partial charge in [-0.1, -0.05) is 50.6 Å². The lowest BCUT2D eigenvalue weighted by Crippen LogP contribution is -2.49. The molecule has 1 aromatic carbocycles. The Balaban J connectivity index is 2.75. The number of nitrogens with two attached hydrogens (primary N) is 1. The van der Waals surface area contributed by atoms with Gasteiger partial charge in [0, 0.05) is 5.02 Å². The van der Waals surface area contributed by atoms with Crippen molar-refractivity contribution in [3.05, 3.63) is 34.9 Å². The molecule has 0 aliphatic carbocycles. The highest BCUT2D eigenvalue weighted by molar-refractivity contribution is 6.31. The first-order valence-electron chi connectivity index (χ1n) is 6.04. The molecule has 0 heterocycles. The zero-order valence-electron chi connectivity index (χ0n) is 11.3. The highest BCUT2D eigenvalue weighted by Crippen LogP contribution is 2.23. The van der Waals surface area contributed by atoms with Crippen molar-refractivity contribution in [3.8, 4) is 0 Å². The second kappa shape index (κ2) is 5.72. The van der Waals surface area contributed by atoms with Gasteiger partial charge in [0.2, 0.25) is 5.91 Å². The van der Waals surface area contributed by atoms with E-state index >= 15 is 0 Å². The van der Waals surface area contributed by atoms with Gasteiger partial charge in [0.1, 0.15) is 0 Å². The Morgan fingerprint density at radius 1 is 1.33 bits per heavy atom. The molecule has 0 fully saturated rings.